The van der Waals surface area contributed by atoms with Crippen molar-refractivity contribution in [2.75, 3.05) is 0 Å². The lowest BCUT2D eigenvalue weighted by Gasteiger charge is -2.05. The van der Waals surface area contributed by atoms with Gasteiger partial charge < -0.3 is 4.74 Å². The summed E-state index contributed by atoms with van der Waals surface area (Å²) in [5.74, 6) is -0.856. The van der Waals surface area contributed by atoms with Crippen molar-refractivity contribution in [1.29, 1.82) is 0 Å². The Hall–Kier alpha value is -1.90. The van der Waals surface area contributed by atoms with Crippen LogP contribution in [-0.2, 0) is 0 Å². The maximum Gasteiger partial charge on any atom is 0.168 e. The first-order valence-corrected chi connectivity index (χ1v) is 4.35. The van der Waals surface area contributed by atoms with Crippen LogP contribution in [0.1, 0.15) is 0 Å². The van der Waals surface area contributed by atoms with Crippen LogP contribution < -0.4 is 4.74 Å². The first-order chi connectivity index (χ1) is 7.25. The van der Waals surface area contributed by atoms with Gasteiger partial charge in [0.15, 0.2) is 11.6 Å². The standard InChI is InChI=1S/C12H7F2O/c13-9-6-7-12(11(14)8-9)15-10-4-2-1-3-5-10/h2-8H. The number of rotatable bonds is 2. The summed E-state index contributed by atoms with van der Waals surface area (Å²) in [6.07, 6.45) is 0. The van der Waals surface area contributed by atoms with E-state index in [-0.39, 0.29) is 5.75 Å². The smallest absolute Gasteiger partial charge is 0.168 e. The van der Waals surface area contributed by atoms with Crippen molar-refractivity contribution in [3.8, 4) is 11.5 Å². The quantitative estimate of drug-likeness (QED) is 0.728. The molecule has 0 aromatic heterocycles. The molecule has 0 heterocycles. The second kappa shape index (κ2) is 4.09. The van der Waals surface area contributed by atoms with Crippen LogP contribution in [0.3, 0.4) is 0 Å². The maximum atomic E-state index is 13.2. The van der Waals surface area contributed by atoms with Crippen molar-refractivity contribution in [3.05, 3.63) is 60.2 Å². The molecule has 0 amide bonds. The predicted molar refractivity (Wildman–Crippen MR) is 51.7 cm³/mol. The molecule has 0 saturated carbocycles. The number of hydrogen-bond acceptors (Lipinski definition) is 1. The van der Waals surface area contributed by atoms with Gasteiger partial charge in [-0.2, -0.15) is 0 Å². The summed E-state index contributed by atoms with van der Waals surface area (Å²) in [7, 11) is 0. The van der Waals surface area contributed by atoms with Gasteiger partial charge >= 0.3 is 0 Å². The average molecular weight is 205 g/mol. The lowest BCUT2D eigenvalue weighted by Crippen LogP contribution is -1.88. The van der Waals surface area contributed by atoms with E-state index in [4.69, 9.17) is 4.74 Å². The summed E-state index contributed by atoms with van der Waals surface area (Å²) < 4.78 is 31.0. The summed E-state index contributed by atoms with van der Waals surface area (Å²) in [6.45, 7) is 0. The average Bonchev–Trinajstić information content (AvgIpc) is 2.24. The molecular formula is C12H7F2O. The summed E-state index contributed by atoms with van der Waals surface area (Å²) in [5, 5.41) is 0. The molecule has 75 valence electrons. The summed E-state index contributed by atoms with van der Waals surface area (Å²) in [5.41, 5.74) is 0. The van der Waals surface area contributed by atoms with Crippen LogP contribution in [0.4, 0.5) is 8.78 Å². The van der Waals surface area contributed by atoms with Gasteiger partial charge in [0, 0.05) is 6.07 Å². The molecule has 2 aromatic carbocycles. The third-order valence-corrected chi connectivity index (χ3v) is 1.81. The molecule has 0 bridgehead atoms. The molecular weight excluding hydrogens is 198 g/mol. The highest BCUT2D eigenvalue weighted by atomic mass is 19.1. The molecule has 0 N–H and O–H groups in total. The molecule has 1 radical (unpaired) electrons. The summed E-state index contributed by atoms with van der Waals surface area (Å²) in [6, 6.07) is 12.6. The van der Waals surface area contributed by atoms with Crippen molar-refractivity contribution in [3.63, 3.8) is 0 Å². The Morgan fingerprint density at radius 1 is 1.00 bits per heavy atom. The van der Waals surface area contributed by atoms with Crippen molar-refractivity contribution in [1.82, 2.24) is 0 Å². The molecule has 0 aliphatic rings. The molecule has 15 heavy (non-hydrogen) atoms. The normalized spacial score (nSPS) is 10.0. The zero-order valence-corrected chi connectivity index (χ0v) is 7.71. The van der Waals surface area contributed by atoms with Crippen LogP contribution in [0.25, 0.3) is 0 Å². The van der Waals surface area contributed by atoms with Crippen LogP contribution in [0.15, 0.2) is 42.5 Å². The number of ether oxygens (including phenoxy) is 1. The third-order valence-electron chi connectivity index (χ3n) is 1.81. The first kappa shape index (κ1) is 9.65. The molecule has 0 aliphatic carbocycles. The van der Waals surface area contributed by atoms with E-state index >= 15 is 0 Å². The summed E-state index contributed by atoms with van der Waals surface area (Å²) in [4.78, 5) is 0. The number of hydrogen-bond donors (Lipinski definition) is 0. The zero-order valence-electron chi connectivity index (χ0n) is 7.71. The van der Waals surface area contributed by atoms with Gasteiger partial charge in [-0.3, -0.25) is 0 Å². The van der Waals surface area contributed by atoms with Crippen LogP contribution in [0, 0.1) is 17.7 Å². The highest BCUT2D eigenvalue weighted by Gasteiger charge is 2.05. The minimum absolute atomic E-state index is 0.00241. The number of benzene rings is 2. The molecule has 0 fully saturated rings. The fraction of sp³-hybridized carbons (Fsp3) is 0. The monoisotopic (exact) mass is 205 g/mol. The van der Waals surface area contributed by atoms with E-state index in [9.17, 15) is 8.78 Å². The zero-order chi connectivity index (χ0) is 10.7. The number of halogens is 2. The van der Waals surface area contributed by atoms with Crippen molar-refractivity contribution < 1.29 is 13.5 Å². The van der Waals surface area contributed by atoms with Gasteiger partial charge in [0.1, 0.15) is 11.6 Å². The molecule has 0 unspecified atom stereocenters. The molecule has 1 nitrogen and oxygen atoms in total. The van der Waals surface area contributed by atoms with Gasteiger partial charge in [-0.1, -0.05) is 12.1 Å². The first-order valence-electron chi connectivity index (χ1n) is 4.35. The SMILES string of the molecule is Fc1ccc(Oc2cc[c]cc2)c(F)c1. The van der Waals surface area contributed by atoms with Crippen LogP contribution >= 0.6 is 0 Å². The largest absolute Gasteiger partial charge is 0.454 e. The Morgan fingerprint density at radius 3 is 2.40 bits per heavy atom. The highest BCUT2D eigenvalue weighted by Crippen LogP contribution is 2.24. The van der Waals surface area contributed by atoms with Crippen molar-refractivity contribution in [2.24, 2.45) is 0 Å². The Morgan fingerprint density at radius 2 is 1.73 bits per heavy atom. The molecule has 2 aromatic rings. The molecule has 0 spiro atoms. The van der Waals surface area contributed by atoms with E-state index in [1.54, 1.807) is 24.3 Å². The van der Waals surface area contributed by atoms with Gasteiger partial charge in [-0.15, -0.1) is 0 Å². The van der Waals surface area contributed by atoms with Crippen LogP contribution in [0.2, 0.25) is 0 Å². The van der Waals surface area contributed by atoms with E-state index in [0.717, 1.165) is 12.1 Å². The van der Waals surface area contributed by atoms with Crippen molar-refractivity contribution in [2.45, 2.75) is 0 Å². The van der Waals surface area contributed by atoms with Gasteiger partial charge in [0.05, 0.1) is 0 Å². The van der Waals surface area contributed by atoms with E-state index in [1.165, 1.54) is 6.07 Å². The minimum atomic E-state index is -0.720. The lowest BCUT2D eigenvalue weighted by atomic mass is 10.3. The van der Waals surface area contributed by atoms with Crippen molar-refractivity contribution >= 4 is 0 Å². The minimum Gasteiger partial charge on any atom is -0.454 e. The second-order valence-electron chi connectivity index (χ2n) is 2.91. The molecule has 2 rings (SSSR count). The van der Waals surface area contributed by atoms with Gasteiger partial charge in [-0.05, 0) is 30.3 Å². The Kier molecular flexibility index (Phi) is 2.63. The van der Waals surface area contributed by atoms with Gasteiger partial charge in [0.2, 0.25) is 0 Å². The second-order valence-corrected chi connectivity index (χ2v) is 2.91. The van der Waals surface area contributed by atoms with E-state index < -0.39 is 11.6 Å². The fourth-order valence-electron chi connectivity index (χ4n) is 1.12. The van der Waals surface area contributed by atoms with Crippen LogP contribution in [-0.4, -0.2) is 0 Å². The molecule has 3 heteroatoms. The maximum absolute atomic E-state index is 13.2. The highest BCUT2D eigenvalue weighted by molar-refractivity contribution is 5.31. The molecule has 0 saturated heterocycles. The summed E-state index contributed by atoms with van der Waals surface area (Å²) >= 11 is 0. The third kappa shape index (κ3) is 2.31. The molecule has 0 aliphatic heterocycles. The Bertz CT molecular complexity index is 454. The fourth-order valence-corrected chi connectivity index (χ4v) is 1.12. The Balaban J connectivity index is 2.25. The van der Waals surface area contributed by atoms with E-state index in [0.29, 0.717) is 5.75 Å². The van der Waals surface area contributed by atoms with E-state index in [1.807, 2.05) is 0 Å². The van der Waals surface area contributed by atoms with Gasteiger partial charge in [-0.25, -0.2) is 8.78 Å². The lowest BCUT2D eigenvalue weighted by molar-refractivity contribution is 0.437. The Labute approximate surface area is 85.9 Å². The van der Waals surface area contributed by atoms with Crippen LogP contribution in [0.5, 0.6) is 11.5 Å². The molecule has 0 atom stereocenters. The van der Waals surface area contributed by atoms with E-state index in [2.05, 4.69) is 6.07 Å². The predicted octanol–water partition coefficient (Wildman–Crippen LogP) is 3.56. The van der Waals surface area contributed by atoms with Gasteiger partial charge in [0.25, 0.3) is 0 Å². The topological polar surface area (TPSA) is 9.23 Å².